The van der Waals surface area contributed by atoms with Crippen LogP contribution in [0.1, 0.15) is 24.1 Å². The van der Waals surface area contributed by atoms with Gasteiger partial charge in [0.15, 0.2) is 0 Å². The third kappa shape index (κ3) is 3.37. The summed E-state index contributed by atoms with van der Waals surface area (Å²) in [4.78, 5) is 1.37. The Labute approximate surface area is 134 Å². The van der Waals surface area contributed by atoms with E-state index in [0.717, 1.165) is 17.7 Å². The summed E-state index contributed by atoms with van der Waals surface area (Å²) < 4.78 is 6.01. The first-order chi connectivity index (χ1) is 10.1. The number of benzene rings is 2. The molecule has 2 aromatic carbocycles. The summed E-state index contributed by atoms with van der Waals surface area (Å²) in [7, 11) is 0. The molecule has 2 aromatic rings. The van der Waals surface area contributed by atoms with E-state index in [1.165, 1.54) is 10.5 Å². The first-order valence-electron chi connectivity index (χ1n) is 7.06. The van der Waals surface area contributed by atoms with Crippen LogP contribution in [0.15, 0.2) is 47.4 Å². The summed E-state index contributed by atoms with van der Waals surface area (Å²) >= 11 is 7.92. The average Bonchev–Trinajstić information content (AvgIpc) is 2.88. The first-order valence-corrected chi connectivity index (χ1v) is 8.31. The lowest BCUT2D eigenvalue weighted by Gasteiger charge is -2.16. The maximum atomic E-state index is 6.03. The number of fused-ring (bicyclic) bond motifs is 1. The van der Waals surface area contributed by atoms with Crippen LogP contribution in [-0.4, -0.2) is 11.9 Å². The Kier molecular flexibility index (Phi) is 4.43. The Morgan fingerprint density at radius 3 is 2.90 bits per heavy atom. The van der Waals surface area contributed by atoms with Gasteiger partial charge in [-0.25, -0.2) is 0 Å². The van der Waals surface area contributed by atoms with Crippen molar-refractivity contribution < 1.29 is 4.74 Å². The maximum Gasteiger partial charge on any atom is 0.124 e. The highest BCUT2D eigenvalue weighted by Gasteiger charge is 2.22. The van der Waals surface area contributed by atoms with Crippen molar-refractivity contribution >= 4 is 23.4 Å². The van der Waals surface area contributed by atoms with Gasteiger partial charge >= 0.3 is 0 Å². The van der Waals surface area contributed by atoms with Gasteiger partial charge in [0, 0.05) is 26.8 Å². The van der Waals surface area contributed by atoms with Gasteiger partial charge in [-0.15, -0.1) is 11.8 Å². The molecule has 1 aliphatic heterocycles. The third-order valence-corrected chi connectivity index (χ3v) is 5.12. The van der Waals surface area contributed by atoms with Crippen molar-refractivity contribution in [1.82, 2.24) is 0 Å². The quantitative estimate of drug-likeness (QED) is 0.904. The number of hydrogen-bond donors (Lipinski definition) is 1. The number of nitrogens with two attached hydrogens (primary N) is 1. The molecule has 0 fully saturated rings. The third-order valence-electron chi connectivity index (χ3n) is 3.60. The van der Waals surface area contributed by atoms with E-state index in [1.54, 1.807) is 0 Å². The Hall–Kier alpha value is -1.16. The largest absolute Gasteiger partial charge is 0.492 e. The van der Waals surface area contributed by atoms with E-state index in [-0.39, 0.29) is 6.04 Å². The summed E-state index contributed by atoms with van der Waals surface area (Å²) in [5.41, 5.74) is 8.37. The molecule has 1 unspecified atom stereocenters. The molecule has 2 nitrogen and oxygen atoms in total. The molecule has 0 saturated heterocycles. The summed E-state index contributed by atoms with van der Waals surface area (Å²) in [5, 5.41) is 1.15. The van der Waals surface area contributed by atoms with Crippen LogP contribution in [0.5, 0.6) is 5.75 Å². The normalized spacial score (nSPS) is 18.3. The first kappa shape index (κ1) is 14.8. The van der Waals surface area contributed by atoms with Crippen LogP contribution < -0.4 is 10.5 Å². The summed E-state index contributed by atoms with van der Waals surface area (Å²) in [6.07, 6.45) is 1.06. The highest BCUT2D eigenvalue weighted by Crippen LogP contribution is 2.37. The Morgan fingerprint density at radius 1 is 1.33 bits per heavy atom. The number of thioether (sulfide) groups is 1. The maximum absolute atomic E-state index is 6.03. The highest BCUT2D eigenvalue weighted by molar-refractivity contribution is 8.00. The topological polar surface area (TPSA) is 35.2 Å². The van der Waals surface area contributed by atoms with Crippen molar-refractivity contribution in [2.75, 3.05) is 6.61 Å². The number of ether oxygens (including phenoxy) is 1. The molecule has 2 atom stereocenters. The van der Waals surface area contributed by atoms with E-state index in [0.29, 0.717) is 16.9 Å². The smallest absolute Gasteiger partial charge is 0.124 e. The molecule has 0 aliphatic carbocycles. The molecule has 0 spiro atoms. The lowest BCUT2D eigenvalue weighted by molar-refractivity contribution is 0.313. The fourth-order valence-electron chi connectivity index (χ4n) is 2.54. The van der Waals surface area contributed by atoms with Crippen LogP contribution >= 0.6 is 23.4 Å². The molecule has 4 heteroatoms. The van der Waals surface area contributed by atoms with Crippen LogP contribution in [0.25, 0.3) is 0 Å². The summed E-state index contributed by atoms with van der Waals surface area (Å²) in [5.74, 6) is 0.839. The Balaban J connectivity index is 1.67. The molecule has 3 rings (SSSR count). The fraction of sp³-hybridized carbons (Fsp3) is 0.294. The highest BCUT2D eigenvalue weighted by atomic mass is 35.5. The van der Waals surface area contributed by atoms with Gasteiger partial charge in [0.1, 0.15) is 12.4 Å². The molecule has 0 radical (unpaired) electrons. The molecular formula is C17H18ClNOS. The SMILES string of the molecule is C[C@@H](N)c1cc(Cl)ccc1OCC1Cc2ccccc2S1. The molecule has 0 aromatic heterocycles. The van der Waals surface area contributed by atoms with E-state index in [2.05, 4.69) is 24.3 Å². The second-order valence-corrected chi connectivity index (χ2v) is 7.11. The molecule has 2 N–H and O–H groups in total. The van der Waals surface area contributed by atoms with Crippen LogP contribution in [0, 0.1) is 0 Å². The van der Waals surface area contributed by atoms with Crippen LogP contribution in [0.2, 0.25) is 5.02 Å². The molecule has 0 bridgehead atoms. The average molecular weight is 320 g/mol. The van der Waals surface area contributed by atoms with Crippen molar-refractivity contribution in [3.63, 3.8) is 0 Å². The molecule has 1 aliphatic rings. The van der Waals surface area contributed by atoms with Crippen molar-refractivity contribution in [2.24, 2.45) is 5.73 Å². The predicted octanol–water partition coefficient (Wildman–Crippen LogP) is 4.46. The lowest BCUT2D eigenvalue weighted by Crippen LogP contribution is -2.15. The molecule has 0 amide bonds. The van der Waals surface area contributed by atoms with Crippen molar-refractivity contribution in [1.29, 1.82) is 0 Å². The van der Waals surface area contributed by atoms with Gasteiger partial charge in [0.2, 0.25) is 0 Å². The Morgan fingerprint density at radius 2 is 2.14 bits per heavy atom. The molecule has 1 heterocycles. The van der Waals surface area contributed by atoms with Gasteiger partial charge in [-0.3, -0.25) is 0 Å². The molecule has 110 valence electrons. The summed E-state index contributed by atoms with van der Waals surface area (Å²) in [6.45, 7) is 2.62. The van der Waals surface area contributed by atoms with E-state index in [4.69, 9.17) is 22.1 Å². The second-order valence-electron chi connectivity index (χ2n) is 5.33. The van der Waals surface area contributed by atoms with E-state index >= 15 is 0 Å². The lowest BCUT2D eigenvalue weighted by atomic mass is 10.1. The monoisotopic (exact) mass is 319 g/mol. The van der Waals surface area contributed by atoms with Gasteiger partial charge in [0.05, 0.1) is 0 Å². The van der Waals surface area contributed by atoms with Crippen LogP contribution in [0.3, 0.4) is 0 Å². The minimum atomic E-state index is -0.0906. The predicted molar refractivity (Wildman–Crippen MR) is 89.3 cm³/mol. The van der Waals surface area contributed by atoms with Gasteiger partial charge < -0.3 is 10.5 Å². The van der Waals surface area contributed by atoms with Gasteiger partial charge in [-0.2, -0.15) is 0 Å². The van der Waals surface area contributed by atoms with Gasteiger partial charge in [-0.1, -0.05) is 29.8 Å². The van der Waals surface area contributed by atoms with Gasteiger partial charge in [-0.05, 0) is 43.2 Å². The second kappa shape index (κ2) is 6.30. The molecule has 0 saturated carbocycles. The van der Waals surface area contributed by atoms with Crippen molar-refractivity contribution in [3.05, 3.63) is 58.6 Å². The van der Waals surface area contributed by atoms with E-state index in [9.17, 15) is 0 Å². The zero-order chi connectivity index (χ0) is 14.8. The number of halogens is 1. The minimum absolute atomic E-state index is 0.0906. The number of hydrogen-bond acceptors (Lipinski definition) is 3. The number of rotatable bonds is 4. The Bertz CT molecular complexity index is 619. The fourth-order valence-corrected chi connectivity index (χ4v) is 3.93. The van der Waals surface area contributed by atoms with Gasteiger partial charge in [0.25, 0.3) is 0 Å². The van der Waals surface area contributed by atoms with E-state index in [1.807, 2.05) is 36.9 Å². The van der Waals surface area contributed by atoms with Crippen LogP contribution in [-0.2, 0) is 6.42 Å². The zero-order valence-corrected chi connectivity index (χ0v) is 13.5. The summed E-state index contributed by atoms with van der Waals surface area (Å²) in [6, 6.07) is 14.1. The van der Waals surface area contributed by atoms with E-state index < -0.39 is 0 Å². The van der Waals surface area contributed by atoms with Crippen molar-refractivity contribution in [2.45, 2.75) is 29.5 Å². The molecule has 21 heavy (non-hydrogen) atoms. The molecular weight excluding hydrogens is 302 g/mol. The zero-order valence-electron chi connectivity index (χ0n) is 11.9. The standard InChI is InChI=1S/C17H18ClNOS/c1-11(19)15-9-13(18)6-7-16(15)20-10-14-8-12-4-2-3-5-17(12)21-14/h2-7,9,11,14H,8,10,19H2,1H3/t11-,14?/m1/s1. The van der Waals surface area contributed by atoms with Crippen LogP contribution in [0.4, 0.5) is 0 Å². The minimum Gasteiger partial charge on any atom is -0.492 e. The van der Waals surface area contributed by atoms with Crippen molar-refractivity contribution in [3.8, 4) is 5.75 Å².